The Bertz CT molecular complexity index is 557. The number of hydrogen-bond acceptors (Lipinski definition) is 4. The van der Waals surface area contributed by atoms with E-state index in [2.05, 4.69) is 19.2 Å². The van der Waals surface area contributed by atoms with E-state index in [1.165, 1.54) is 6.07 Å². The van der Waals surface area contributed by atoms with Gasteiger partial charge in [0.1, 0.15) is 5.69 Å². The lowest BCUT2D eigenvalue weighted by molar-refractivity contribution is -0.384. The molecule has 0 bridgehead atoms. The molecule has 2 rings (SSSR count). The Balaban J connectivity index is 2.31. The number of anilines is 1. The van der Waals surface area contributed by atoms with E-state index in [4.69, 9.17) is 0 Å². The summed E-state index contributed by atoms with van der Waals surface area (Å²) in [5, 5.41) is 13.9. The number of rotatable bonds is 4. The molecular weight excluding hydrogens is 270 g/mol. The molecule has 1 fully saturated rings. The predicted octanol–water partition coefficient (Wildman–Crippen LogP) is 2.90. The third-order valence-electron chi connectivity index (χ3n) is 4.04. The average Bonchev–Trinajstić information content (AvgIpc) is 2.95. The lowest BCUT2D eigenvalue weighted by Gasteiger charge is -2.27. The molecule has 1 heterocycles. The van der Waals surface area contributed by atoms with Crippen molar-refractivity contribution in [3.8, 4) is 0 Å². The predicted molar refractivity (Wildman–Crippen MR) is 81.5 cm³/mol. The summed E-state index contributed by atoms with van der Waals surface area (Å²) in [6.07, 6.45) is 1.99. The van der Waals surface area contributed by atoms with Gasteiger partial charge in [-0.1, -0.05) is 13.8 Å². The Kier molecular flexibility index (Phi) is 4.45. The zero-order valence-electron chi connectivity index (χ0n) is 12.6. The molecule has 21 heavy (non-hydrogen) atoms. The van der Waals surface area contributed by atoms with E-state index in [0.717, 1.165) is 19.4 Å². The van der Waals surface area contributed by atoms with Gasteiger partial charge in [-0.3, -0.25) is 14.9 Å². The smallest absolute Gasteiger partial charge is 0.293 e. The number of nitro groups is 1. The molecule has 114 valence electrons. The van der Waals surface area contributed by atoms with E-state index in [0.29, 0.717) is 17.2 Å². The number of carbonyl (C=O) groups is 1. The normalized spacial score (nSPS) is 18.1. The lowest BCUT2D eigenvalue weighted by atomic mass is 10.0. The summed E-state index contributed by atoms with van der Waals surface area (Å²) in [4.78, 5) is 25.1. The topological polar surface area (TPSA) is 75.5 Å². The van der Waals surface area contributed by atoms with Crippen molar-refractivity contribution >= 4 is 17.3 Å². The Morgan fingerprint density at radius 3 is 2.76 bits per heavy atom. The second-order valence-electron chi connectivity index (χ2n) is 5.69. The highest BCUT2D eigenvalue weighted by Gasteiger charge is 2.32. The molecule has 1 aromatic rings. The highest BCUT2D eigenvalue weighted by Crippen LogP contribution is 2.29. The van der Waals surface area contributed by atoms with Crippen LogP contribution < -0.4 is 5.32 Å². The zero-order chi connectivity index (χ0) is 15.6. The summed E-state index contributed by atoms with van der Waals surface area (Å²) in [5.41, 5.74) is 0.732. The fraction of sp³-hybridized carbons (Fsp3) is 0.533. The first-order valence-corrected chi connectivity index (χ1v) is 7.23. The minimum Gasteiger partial charge on any atom is -0.383 e. The molecule has 1 N–H and O–H groups in total. The van der Waals surface area contributed by atoms with Gasteiger partial charge in [0.2, 0.25) is 0 Å². The number of nitrogens with one attached hydrogen (secondary N) is 1. The van der Waals surface area contributed by atoms with Crippen molar-refractivity contribution in [2.75, 3.05) is 18.9 Å². The standard InChI is InChI=1S/C15H21N3O3/c1-10(2)13-5-4-8-17(13)15(19)11-6-7-12(16-3)14(9-11)18(20)21/h6-7,9-10,13,16H,4-5,8H2,1-3H3. The molecule has 0 saturated carbocycles. The molecule has 1 amide bonds. The first-order valence-electron chi connectivity index (χ1n) is 7.23. The Hall–Kier alpha value is -2.11. The highest BCUT2D eigenvalue weighted by molar-refractivity contribution is 5.96. The zero-order valence-corrected chi connectivity index (χ0v) is 12.6. The SMILES string of the molecule is CNc1ccc(C(=O)N2CCCC2C(C)C)cc1[N+](=O)[O-]. The molecule has 1 aromatic carbocycles. The van der Waals surface area contributed by atoms with Crippen molar-refractivity contribution in [3.63, 3.8) is 0 Å². The summed E-state index contributed by atoms with van der Waals surface area (Å²) in [6.45, 7) is 4.93. The van der Waals surface area contributed by atoms with Crippen molar-refractivity contribution in [1.29, 1.82) is 0 Å². The molecule has 1 atom stereocenters. The quantitative estimate of drug-likeness (QED) is 0.683. The average molecular weight is 291 g/mol. The van der Waals surface area contributed by atoms with Crippen LogP contribution in [0.2, 0.25) is 0 Å². The van der Waals surface area contributed by atoms with Gasteiger partial charge in [0.15, 0.2) is 0 Å². The maximum atomic E-state index is 12.6. The fourth-order valence-electron chi connectivity index (χ4n) is 2.93. The number of benzene rings is 1. The van der Waals surface area contributed by atoms with Crippen LogP contribution in [-0.4, -0.2) is 35.4 Å². The molecular formula is C15H21N3O3. The molecule has 6 heteroatoms. The van der Waals surface area contributed by atoms with Crippen molar-refractivity contribution in [2.45, 2.75) is 32.7 Å². The van der Waals surface area contributed by atoms with Crippen LogP contribution in [0.4, 0.5) is 11.4 Å². The molecule has 0 aromatic heterocycles. The molecule has 1 unspecified atom stereocenters. The van der Waals surface area contributed by atoms with E-state index < -0.39 is 4.92 Å². The van der Waals surface area contributed by atoms with E-state index >= 15 is 0 Å². The highest BCUT2D eigenvalue weighted by atomic mass is 16.6. The van der Waals surface area contributed by atoms with Crippen molar-refractivity contribution < 1.29 is 9.72 Å². The number of hydrogen-bond donors (Lipinski definition) is 1. The number of nitrogens with zero attached hydrogens (tertiary/aromatic N) is 2. The van der Waals surface area contributed by atoms with Crippen LogP contribution in [0.15, 0.2) is 18.2 Å². The van der Waals surface area contributed by atoms with Crippen molar-refractivity contribution in [1.82, 2.24) is 4.90 Å². The Labute approximate surface area is 124 Å². The Morgan fingerprint density at radius 1 is 1.48 bits per heavy atom. The molecule has 1 aliphatic rings. The Morgan fingerprint density at radius 2 is 2.19 bits per heavy atom. The maximum absolute atomic E-state index is 12.6. The minimum absolute atomic E-state index is 0.0661. The molecule has 1 saturated heterocycles. The van der Waals surface area contributed by atoms with E-state index in [-0.39, 0.29) is 17.6 Å². The van der Waals surface area contributed by atoms with Gasteiger partial charge in [-0.05, 0) is 30.9 Å². The molecule has 0 aliphatic carbocycles. The van der Waals surface area contributed by atoms with Crippen LogP contribution in [0, 0.1) is 16.0 Å². The summed E-state index contributed by atoms with van der Waals surface area (Å²) in [5.74, 6) is 0.278. The van der Waals surface area contributed by atoms with Gasteiger partial charge in [-0.2, -0.15) is 0 Å². The number of likely N-dealkylation sites (tertiary alicyclic amines) is 1. The summed E-state index contributed by atoms with van der Waals surface area (Å²) in [7, 11) is 1.62. The van der Waals surface area contributed by atoms with Crippen molar-refractivity contribution in [3.05, 3.63) is 33.9 Å². The van der Waals surface area contributed by atoms with Crippen LogP contribution in [-0.2, 0) is 0 Å². The minimum atomic E-state index is -0.466. The van der Waals surface area contributed by atoms with E-state index in [1.807, 2.05) is 4.90 Å². The van der Waals surface area contributed by atoms with Crippen LogP contribution in [0.5, 0.6) is 0 Å². The van der Waals surface area contributed by atoms with Crippen molar-refractivity contribution in [2.24, 2.45) is 5.92 Å². The van der Waals surface area contributed by atoms with Gasteiger partial charge in [0.05, 0.1) is 4.92 Å². The summed E-state index contributed by atoms with van der Waals surface area (Å²) in [6, 6.07) is 4.83. The second-order valence-corrected chi connectivity index (χ2v) is 5.69. The van der Waals surface area contributed by atoms with E-state index in [9.17, 15) is 14.9 Å². The summed E-state index contributed by atoms with van der Waals surface area (Å²) < 4.78 is 0. The molecule has 0 spiro atoms. The van der Waals surface area contributed by atoms with Crippen LogP contribution >= 0.6 is 0 Å². The first kappa shape index (κ1) is 15.3. The molecule has 0 radical (unpaired) electrons. The fourth-order valence-corrected chi connectivity index (χ4v) is 2.93. The van der Waals surface area contributed by atoms with Gasteiger partial charge >= 0.3 is 0 Å². The van der Waals surface area contributed by atoms with E-state index in [1.54, 1.807) is 19.2 Å². The second kappa shape index (κ2) is 6.11. The number of carbonyl (C=O) groups excluding carboxylic acids is 1. The molecule has 1 aliphatic heterocycles. The summed E-state index contributed by atoms with van der Waals surface area (Å²) >= 11 is 0. The maximum Gasteiger partial charge on any atom is 0.293 e. The number of nitro benzene ring substituents is 1. The van der Waals surface area contributed by atoms with Gasteiger partial charge in [-0.25, -0.2) is 0 Å². The van der Waals surface area contributed by atoms with Crippen LogP contribution in [0.3, 0.4) is 0 Å². The van der Waals surface area contributed by atoms with Crippen LogP contribution in [0.25, 0.3) is 0 Å². The van der Waals surface area contributed by atoms with Gasteiger partial charge in [-0.15, -0.1) is 0 Å². The van der Waals surface area contributed by atoms with Gasteiger partial charge in [0, 0.05) is 31.3 Å². The third kappa shape index (κ3) is 2.99. The number of amides is 1. The largest absolute Gasteiger partial charge is 0.383 e. The van der Waals surface area contributed by atoms with Gasteiger partial charge in [0.25, 0.3) is 11.6 Å². The first-order chi connectivity index (χ1) is 9.95. The lowest BCUT2D eigenvalue weighted by Crippen LogP contribution is -2.38. The monoisotopic (exact) mass is 291 g/mol. The van der Waals surface area contributed by atoms with Crippen LogP contribution in [0.1, 0.15) is 37.0 Å². The third-order valence-corrected chi connectivity index (χ3v) is 4.04. The molecule has 6 nitrogen and oxygen atoms in total. The van der Waals surface area contributed by atoms with Gasteiger partial charge < -0.3 is 10.2 Å².